The topological polar surface area (TPSA) is 107 Å². The average molecular weight is 266 g/mol. The smallest absolute Gasteiger partial charge is 1.00 e. The predicted molar refractivity (Wildman–Crippen MR) is 63.1 cm³/mol. The third-order valence-corrected chi connectivity index (χ3v) is 1.84. The minimum Gasteiger partial charge on any atom is -1.00 e. The number of hydrogen-bond donors (Lipinski definition) is 1. The van der Waals surface area contributed by atoms with Crippen LogP contribution in [0.5, 0.6) is 0 Å². The summed E-state index contributed by atoms with van der Waals surface area (Å²) in [5.41, 5.74) is 0.486. The van der Waals surface area contributed by atoms with Crippen molar-refractivity contribution in [1.29, 1.82) is 0 Å². The van der Waals surface area contributed by atoms with Gasteiger partial charge in [-0.1, -0.05) is 0 Å². The molecule has 0 amide bonds. The first-order valence-electron chi connectivity index (χ1n) is 4.60. The van der Waals surface area contributed by atoms with Crippen molar-refractivity contribution in [2.24, 2.45) is 0 Å². The summed E-state index contributed by atoms with van der Waals surface area (Å²) in [7, 11) is 0. The van der Waals surface area contributed by atoms with E-state index in [1.807, 2.05) is 0 Å². The molecule has 1 aromatic carbocycles. The first-order valence-corrected chi connectivity index (χ1v) is 4.60. The number of nitrogens with zero attached hydrogens (tertiary/aromatic N) is 1. The maximum Gasteiger partial charge on any atom is 2.00 e. The fourth-order valence-corrected chi connectivity index (χ4v) is 1.05. The molecule has 0 heterocycles. The van der Waals surface area contributed by atoms with Gasteiger partial charge in [-0.25, -0.2) is 0 Å². The van der Waals surface area contributed by atoms with Crippen molar-refractivity contribution in [3.05, 3.63) is 39.9 Å². The van der Waals surface area contributed by atoms with Gasteiger partial charge in [-0.15, -0.1) is 0 Å². The van der Waals surface area contributed by atoms with E-state index in [1.165, 1.54) is 24.3 Å². The molecule has 18 heavy (non-hydrogen) atoms. The first kappa shape index (κ1) is 16.3. The zero-order chi connectivity index (χ0) is 12.8. The fourth-order valence-electron chi connectivity index (χ4n) is 1.05. The number of aliphatic carboxylic acids is 1. The SMILES string of the molecule is O=C(O)CC(=O)OCc1ccc([N+](=O)[O-])cc1.[H-].[H-].[Mg+2]. The van der Waals surface area contributed by atoms with E-state index < -0.39 is 23.3 Å². The molecule has 0 fully saturated rings. The normalized spacial score (nSPS) is 9.11. The monoisotopic (exact) mass is 265 g/mol. The quantitative estimate of drug-likeness (QED) is 0.279. The second-order valence-corrected chi connectivity index (χ2v) is 3.15. The number of nitro groups is 1. The number of hydrogen-bond acceptors (Lipinski definition) is 5. The third-order valence-electron chi connectivity index (χ3n) is 1.84. The molecule has 0 bridgehead atoms. The first-order chi connectivity index (χ1) is 7.99. The summed E-state index contributed by atoms with van der Waals surface area (Å²) in [6.07, 6.45) is -0.701. The molecule has 0 saturated carbocycles. The van der Waals surface area contributed by atoms with Gasteiger partial charge < -0.3 is 12.7 Å². The van der Waals surface area contributed by atoms with Crippen LogP contribution in [0.25, 0.3) is 0 Å². The van der Waals surface area contributed by atoms with Crippen molar-refractivity contribution >= 4 is 40.7 Å². The molecule has 94 valence electrons. The number of non-ortho nitro benzene ring substituents is 1. The van der Waals surface area contributed by atoms with Crippen LogP contribution in [0.2, 0.25) is 0 Å². The van der Waals surface area contributed by atoms with Gasteiger partial charge in [0.25, 0.3) is 5.69 Å². The maximum atomic E-state index is 10.9. The summed E-state index contributed by atoms with van der Waals surface area (Å²) in [5, 5.41) is 18.7. The van der Waals surface area contributed by atoms with Crippen molar-refractivity contribution in [2.75, 3.05) is 0 Å². The number of ether oxygens (including phenoxy) is 1. The van der Waals surface area contributed by atoms with Gasteiger partial charge in [0.15, 0.2) is 0 Å². The van der Waals surface area contributed by atoms with Gasteiger partial charge in [-0.05, 0) is 17.7 Å². The van der Waals surface area contributed by atoms with Gasteiger partial charge >= 0.3 is 35.0 Å². The van der Waals surface area contributed by atoms with Crippen LogP contribution in [0.4, 0.5) is 5.69 Å². The number of carboxylic acid groups (broad SMARTS) is 1. The Labute approximate surface area is 121 Å². The predicted octanol–water partition coefficient (Wildman–Crippen LogP) is 0.957. The second kappa shape index (κ2) is 7.61. The molecule has 0 aliphatic heterocycles. The van der Waals surface area contributed by atoms with E-state index in [1.54, 1.807) is 0 Å². The number of carbonyl (C=O) groups is 2. The Bertz CT molecular complexity index is 454. The van der Waals surface area contributed by atoms with E-state index in [0.717, 1.165) is 0 Å². The molecule has 7 nitrogen and oxygen atoms in total. The van der Waals surface area contributed by atoms with Crippen LogP contribution in [0.1, 0.15) is 14.8 Å². The fraction of sp³-hybridized carbons (Fsp3) is 0.200. The zero-order valence-corrected chi connectivity index (χ0v) is 10.8. The molecule has 0 aliphatic carbocycles. The van der Waals surface area contributed by atoms with E-state index in [4.69, 9.17) is 5.11 Å². The van der Waals surface area contributed by atoms with E-state index in [9.17, 15) is 19.7 Å². The molecule has 0 radical (unpaired) electrons. The van der Waals surface area contributed by atoms with Crippen LogP contribution in [-0.2, 0) is 20.9 Å². The molecule has 0 unspecified atom stereocenters. The molecule has 1 aromatic rings. The molecular formula is C10H11MgNO6. The molecule has 0 atom stereocenters. The van der Waals surface area contributed by atoms with Crippen molar-refractivity contribution in [2.45, 2.75) is 13.0 Å². The molecule has 1 N–H and O–H groups in total. The number of nitro benzene ring substituents is 1. The molecule has 0 saturated heterocycles. The summed E-state index contributed by atoms with van der Waals surface area (Å²) >= 11 is 0. The number of esters is 1. The van der Waals surface area contributed by atoms with Crippen molar-refractivity contribution < 1.29 is 27.2 Å². The van der Waals surface area contributed by atoms with Gasteiger partial charge in [-0.2, -0.15) is 0 Å². The van der Waals surface area contributed by atoms with E-state index in [-0.39, 0.29) is 38.2 Å². The van der Waals surface area contributed by atoms with Crippen molar-refractivity contribution in [3.8, 4) is 0 Å². The molecule has 0 aliphatic rings. The molecule has 0 aromatic heterocycles. The Morgan fingerprint density at radius 2 is 1.89 bits per heavy atom. The molecule has 8 heteroatoms. The Balaban J connectivity index is -0.000000963. The Hall–Kier alpha value is -1.67. The Morgan fingerprint density at radius 1 is 1.33 bits per heavy atom. The van der Waals surface area contributed by atoms with Crippen molar-refractivity contribution in [1.82, 2.24) is 0 Å². The molecule has 1 rings (SSSR count). The maximum absolute atomic E-state index is 10.9. The second-order valence-electron chi connectivity index (χ2n) is 3.15. The summed E-state index contributed by atoms with van der Waals surface area (Å²) in [4.78, 5) is 30.9. The van der Waals surface area contributed by atoms with Crippen LogP contribution in [0, 0.1) is 10.1 Å². The van der Waals surface area contributed by atoms with E-state index in [2.05, 4.69) is 4.74 Å². The zero-order valence-electron chi connectivity index (χ0n) is 11.4. The van der Waals surface area contributed by atoms with E-state index >= 15 is 0 Å². The van der Waals surface area contributed by atoms with Crippen LogP contribution in [-0.4, -0.2) is 45.0 Å². The summed E-state index contributed by atoms with van der Waals surface area (Å²) in [6, 6.07) is 5.43. The van der Waals surface area contributed by atoms with Gasteiger partial charge in [-0.3, -0.25) is 19.7 Å². The number of rotatable bonds is 5. The Kier molecular flexibility index (Phi) is 6.91. The van der Waals surface area contributed by atoms with Crippen molar-refractivity contribution in [3.63, 3.8) is 0 Å². The number of carboxylic acids is 1. The number of benzene rings is 1. The Morgan fingerprint density at radius 3 is 2.33 bits per heavy atom. The minimum atomic E-state index is -1.27. The third kappa shape index (κ3) is 5.59. The minimum absolute atomic E-state index is 0. The van der Waals surface area contributed by atoms with Crippen LogP contribution < -0.4 is 0 Å². The van der Waals surface area contributed by atoms with Gasteiger partial charge in [0.2, 0.25) is 0 Å². The summed E-state index contributed by atoms with van der Waals surface area (Å²) in [5.74, 6) is -2.12. The summed E-state index contributed by atoms with van der Waals surface area (Å²) < 4.78 is 4.65. The largest absolute Gasteiger partial charge is 2.00 e. The van der Waals surface area contributed by atoms with Gasteiger partial charge in [0.1, 0.15) is 13.0 Å². The van der Waals surface area contributed by atoms with E-state index in [0.29, 0.717) is 5.56 Å². The average Bonchev–Trinajstić information content (AvgIpc) is 2.26. The number of carbonyl (C=O) groups excluding carboxylic acids is 1. The van der Waals surface area contributed by atoms with Gasteiger partial charge in [0.05, 0.1) is 4.92 Å². The standard InChI is InChI=1S/C10H9NO6.Mg.2H/c12-9(13)5-10(14)17-6-7-1-3-8(4-2-7)11(15)16;;;/h1-4H,5-6H2,(H,12,13);;;/q;+2;2*-1. The summed E-state index contributed by atoms with van der Waals surface area (Å²) in [6.45, 7) is -0.107. The van der Waals surface area contributed by atoms with Crippen LogP contribution in [0.15, 0.2) is 24.3 Å². The van der Waals surface area contributed by atoms with Gasteiger partial charge in [0, 0.05) is 12.1 Å². The van der Waals surface area contributed by atoms with Crippen LogP contribution >= 0.6 is 0 Å². The molecule has 0 spiro atoms. The molecular weight excluding hydrogens is 254 g/mol. The van der Waals surface area contributed by atoms with Crippen LogP contribution in [0.3, 0.4) is 0 Å².